The van der Waals surface area contributed by atoms with Crippen LogP contribution in [0, 0.1) is 0 Å². The number of H-pyrrole nitrogens is 1. The Labute approximate surface area is 162 Å². The maximum Gasteiger partial charge on any atom is 0.139 e. The van der Waals surface area contributed by atoms with Crippen molar-refractivity contribution in [1.29, 1.82) is 0 Å². The number of aromatic amines is 1. The van der Waals surface area contributed by atoms with E-state index in [-0.39, 0.29) is 0 Å². The Kier molecular flexibility index (Phi) is 4.85. The van der Waals surface area contributed by atoms with Gasteiger partial charge in [-0.2, -0.15) is 0 Å². The number of imidazole rings is 1. The average Bonchev–Trinajstić information content (AvgIpc) is 3.15. The molecule has 134 valence electrons. The summed E-state index contributed by atoms with van der Waals surface area (Å²) < 4.78 is 0. The SMILES string of the molecule is NC1CCN(c2ccc(-c3ncc(-c4ccc(Cl)c(Cl)c4)[nH]3)cn2)CC1. The van der Waals surface area contributed by atoms with Crippen molar-refractivity contribution in [1.82, 2.24) is 15.0 Å². The first-order chi connectivity index (χ1) is 12.6. The number of nitrogens with one attached hydrogen (secondary N) is 1. The second-order valence-corrected chi connectivity index (χ2v) is 7.32. The molecule has 1 aromatic carbocycles. The fourth-order valence-electron chi connectivity index (χ4n) is 3.12. The summed E-state index contributed by atoms with van der Waals surface area (Å²) in [6.07, 6.45) is 5.65. The summed E-state index contributed by atoms with van der Waals surface area (Å²) in [7, 11) is 0. The van der Waals surface area contributed by atoms with Crippen LogP contribution in [0.3, 0.4) is 0 Å². The Morgan fingerprint density at radius 2 is 1.73 bits per heavy atom. The number of anilines is 1. The Balaban J connectivity index is 1.53. The molecule has 1 saturated heterocycles. The van der Waals surface area contributed by atoms with Gasteiger partial charge in [0.15, 0.2) is 0 Å². The van der Waals surface area contributed by atoms with E-state index in [0.717, 1.165) is 54.4 Å². The fourth-order valence-corrected chi connectivity index (χ4v) is 3.42. The molecule has 0 bridgehead atoms. The van der Waals surface area contributed by atoms with Crippen molar-refractivity contribution in [3.63, 3.8) is 0 Å². The van der Waals surface area contributed by atoms with Gasteiger partial charge in [-0.25, -0.2) is 9.97 Å². The van der Waals surface area contributed by atoms with Gasteiger partial charge in [0.1, 0.15) is 11.6 Å². The molecule has 1 aliphatic rings. The van der Waals surface area contributed by atoms with Gasteiger partial charge in [0.25, 0.3) is 0 Å². The van der Waals surface area contributed by atoms with Crippen molar-refractivity contribution in [3.05, 3.63) is 52.8 Å². The normalized spacial score (nSPS) is 15.4. The molecule has 0 radical (unpaired) electrons. The van der Waals surface area contributed by atoms with Crippen LogP contribution in [0.4, 0.5) is 5.82 Å². The molecule has 7 heteroatoms. The largest absolute Gasteiger partial charge is 0.357 e. The van der Waals surface area contributed by atoms with Crippen LogP contribution in [-0.4, -0.2) is 34.1 Å². The number of rotatable bonds is 3. The first-order valence-corrected chi connectivity index (χ1v) is 9.33. The third-order valence-corrected chi connectivity index (χ3v) is 5.43. The predicted octanol–water partition coefficient (Wildman–Crippen LogP) is 4.37. The van der Waals surface area contributed by atoms with Gasteiger partial charge >= 0.3 is 0 Å². The highest BCUT2D eigenvalue weighted by molar-refractivity contribution is 6.42. The summed E-state index contributed by atoms with van der Waals surface area (Å²) in [5.41, 5.74) is 8.73. The zero-order chi connectivity index (χ0) is 18.1. The summed E-state index contributed by atoms with van der Waals surface area (Å²) >= 11 is 12.1. The molecular formula is C19H19Cl2N5. The average molecular weight is 388 g/mol. The number of aromatic nitrogens is 3. The number of nitrogens with two attached hydrogens (primary N) is 1. The van der Waals surface area contributed by atoms with E-state index in [1.807, 2.05) is 30.5 Å². The molecule has 4 rings (SSSR count). The van der Waals surface area contributed by atoms with Crippen LogP contribution in [-0.2, 0) is 0 Å². The number of nitrogens with zero attached hydrogens (tertiary/aromatic N) is 3. The van der Waals surface area contributed by atoms with E-state index in [1.54, 1.807) is 12.3 Å². The number of halogens is 2. The molecule has 0 atom stereocenters. The van der Waals surface area contributed by atoms with Crippen LogP contribution in [0.5, 0.6) is 0 Å². The van der Waals surface area contributed by atoms with Crippen LogP contribution in [0.25, 0.3) is 22.6 Å². The Hall–Kier alpha value is -2.08. The zero-order valence-electron chi connectivity index (χ0n) is 14.1. The van der Waals surface area contributed by atoms with Gasteiger partial charge in [-0.3, -0.25) is 0 Å². The van der Waals surface area contributed by atoms with Crippen LogP contribution in [0.2, 0.25) is 10.0 Å². The molecule has 1 fully saturated rings. The summed E-state index contributed by atoms with van der Waals surface area (Å²) in [4.78, 5) is 14.7. The highest BCUT2D eigenvalue weighted by atomic mass is 35.5. The van der Waals surface area contributed by atoms with E-state index < -0.39 is 0 Å². The van der Waals surface area contributed by atoms with E-state index in [4.69, 9.17) is 28.9 Å². The van der Waals surface area contributed by atoms with Crippen molar-refractivity contribution in [2.75, 3.05) is 18.0 Å². The van der Waals surface area contributed by atoms with Crippen molar-refractivity contribution in [2.45, 2.75) is 18.9 Å². The molecule has 26 heavy (non-hydrogen) atoms. The molecule has 0 unspecified atom stereocenters. The van der Waals surface area contributed by atoms with Crippen LogP contribution in [0.15, 0.2) is 42.7 Å². The van der Waals surface area contributed by atoms with E-state index >= 15 is 0 Å². The molecule has 2 aromatic heterocycles. The summed E-state index contributed by atoms with van der Waals surface area (Å²) in [6, 6.07) is 9.90. The minimum Gasteiger partial charge on any atom is -0.357 e. The van der Waals surface area contributed by atoms with Gasteiger partial charge in [0, 0.05) is 36.5 Å². The van der Waals surface area contributed by atoms with Gasteiger partial charge in [-0.05, 0) is 37.1 Å². The van der Waals surface area contributed by atoms with Crippen LogP contribution in [0.1, 0.15) is 12.8 Å². The monoisotopic (exact) mass is 387 g/mol. The lowest BCUT2D eigenvalue weighted by molar-refractivity contribution is 0.498. The van der Waals surface area contributed by atoms with Crippen molar-refractivity contribution in [2.24, 2.45) is 5.73 Å². The number of hydrogen-bond donors (Lipinski definition) is 2. The first kappa shape index (κ1) is 17.3. The predicted molar refractivity (Wildman–Crippen MR) is 107 cm³/mol. The lowest BCUT2D eigenvalue weighted by atomic mass is 10.1. The summed E-state index contributed by atoms with van der Waals surface area (Å²) in [5, 5.41) is 1.06. The molecule has 3 N–H and O–H groups in total. The minimum absolute atomic E-state index is 0.313. The topological polar surface area (TPSA) is 70.8 Å². The number of benzene rings is 1. The molecule has 3 aromatic rings. The van der Waals surface area contributed by atoms with Crippen LogP contribution >= 0.6 is 23.2 Å². The zero-order valence-corrected chi connectivity index (χ0v) is 15.6. The second kappa shape index (κ2) is 7.27. The fraction of sp³-hybridized carbons (Fsp3) is 0.263. The second-order valence-electron chi connectivity index (χ2n) is 6.50. The van der Waals surface area contributed by atoms with Gasteiger partial charge < -0.3 is 15.6 Å². The van der Waals surface area contributed by atoms with Crippen molar-refractivity contribution >= 4 is 29.0 Å². The van der Waals surface area contributed by atoms with E-state index in [2.05, 4.69) is 19.9 Å². The molecular weight excluding hydrogens is 369 g/mol. The number of hydrogen-bond acceptors (Lipinski definition) is 4. The van der Waals surface area contributed by atoms with Crippen LogP contribution < -0.4 is 10.6 Å². The summed E-state index contributed by atoms with van der Waals surface area (Å²) in [6.45, 7) is 1.91. The molecule has 3 heterocycles. The molecule has 0 saturated carbocycles. The van der Waals surface area contributed by atoms with Gasteiger partial charge in [0.05, 0.1) is 21.9 Å². The quantitative estimate of drug-likeness (QED) is 0.699. The Morgan fingerprint density at radius 3 is 2.42 bits per heavy atom. The Bertz CT molecular complexity index is 899. The molecule has 0 aliphatic carbocycles. The third kappa shape index (κ3) is 3.56. The minimum atomic E-state index is 0.313. The van der Waals surface area contributed by atoms with E-state index in [9.17, 15) is 0 Å². The summed E-state index contributed by atoms with van der Waals surface area (Å²) in [5.74, 6) is 1.75. The number of piperidine rings is 1. The molecule has 1 aliphatic heterocycles. The smallest absolute Gasteiger partial charge is 0.139 e. The molecule has 0 spiro atoms. The van der Waals surface area contributed by atoms with E-state index in [1.165, 1.54) is 0 Å². The molecule has 5 nitrogen and oxygen atoms in total. The molecule has 0 amide bonds. The Morgan fingerprint density at radius 1 is 0.962 bits per heavy atom. The van der Waals surface area contributed by atoms with Crippen molar-refractivity contribution < 1.29 is 0 Å². The highest BCUT2D eigenvalue weighted by Gasteiger charge is 2.17. The maximum absolute atomic E-state index is 6.10. The van der Waals surface area contributed by atoms with E-state index in [0.29, 0.717) is 16.1 Å². The third-order valence-electron chi connectivity index (χ3n) is 4.69. The standard InChI is InChI=1S/C19H19Cl2N5/c20-15-3-1-12(9-16(15)21)17-11-24-19(25-17)13-2-4-18(23-10-13)26-7-5-14(22)6-8-26/h1-4,9-11,14H,5-8,22H2,(H,24,25). The number of pyridine rings is 1. The van der Waals surface area contributed by atoms with Gasteiger partial charge in [0.2, 0.25) is 0 Å². The van der Waals surface area contributed by atoms with Gasteiger partial charge in [-0.15, -0.1) is 0 Å². The lowest BCUT2D eigenvalue weighted by Crippen LogP contribution is -2.40. The highest BCUT2D eigenvalue weighted by Crippen LogP contribution is 2.29. The lowest BCUT2D eigenvalue weighted by Gasteiger charge is -2.31. The first-order valence-electron chi connectivity index (χ1n) is 8.57. The maximum atomic E-state index is 6.10. The van der Waals surface area contributed by atoms with Gasteiger partial charge in [-0.1, -0.05) is 29.3 Å². The van der Waals surface area contributed by atoms with Crippen molar-refractivity contribution in [3.8, 4) is 22.6 Å².